The maximum absolute atomic E-state index is 14.2. The van der Waals surface area contributed by atoms with E-state index in [1.165, 1.54) is 0 Å². The van der Waals surface area contributed by atoms with Crippen LogP contribution in [0.3, 0.4) is 0 Å². The number of halogens is 5. The zero-order chi connectivity index (χ0) is 39.4. The molecular weight excluding hydrogens is 719 g/mol. The Morgan fingerprint density at radius 2 is 1.38 bits per heavy atom. The number of rotatable bonds is 12. The highest BCUT2D eigenvalue weighted by atomic mass is 19.2. The summed E-state index contributed by atoms with van der Waals surface area (Å²) in [6, 6.07) is 31.2. The second-order valence-electron chi connectivity index (χ2n) is 13.8. The van der Waals surface area contributed by atoms with Crippen molar-refractivity contribution < 1.29 is 46.4 Å². The number of benzene rings is 5. The van der Waals surface area contributed by atoms with Crippen molar-refractivity contribution in [3.63, 3.8) is 0 Å². The Morgan fingerprint density at radius 3 is 2.04 bits per heavy atom. The topological polar surface area (TPSA) is 91.3 Å². The van der Waals surface area contributed by atoms with Crippen LogP contribution in [0.1, 0.15) is 70.5 Å². The summed E-state index contributed by atoms with van der Waals surface area (Å²) in [4.78, 5) is 14.6. The van der Waals surface area contributed by atoms with Crippen LogP contribution in [0.2, 0.25) is 0 Å². The largest absolute Gasteiger partial charge is 0.392 e. The Morgan fingerprint density at radius 1 is 0.764 bits per heavy atom. The SMILES string of the molecule is C[C@@H]1[C@H](CN(C)[C@H](C)[C@@H](O)c2ccccc2)O[C@H](c2cccc(-c3cccc(CNC(=O)c4c(F)c(F)c(F)c(F)c4F)c3)c2)O[C@@H]1c1ccc(CO)cc1. The number of amides is 1. The molecule has 1 amide bonds. The molecule has 6 atom stereocenters. The normalized spacial score (nSPS) is 19.6. The van der Waals surface area contributed by atoms with Crippen molar-refractivity contribution in [3.05, 3.63) is 166 Å². The summed E-state index contributed by atoms with van der Waals surface area (Å²) < 4.78 is 82.7. The Hall–Kier alpha value is -4.98. The first-order valence-corrected chi connectivity index (χ1v) is 17.8. The molecule has 5 aromatic carbocycles. The first-order chi connectivity index (χ1) is 26.4. The molecule has 0 saturated carbocycles. The highest BCUT2D eigenvalue weighted by molar-refractivity contribution is 5.94. The molecule has 5 aromatic rings. The molecule has 0 radical (unpaired) electrons. The van der Waals surface area contributed by atoms with E-state index in [1.807, 2.05) is 98.9 Å². The van der Waals surface area contributed by atoms with Gasteiger partial charge in [0.25, 0.3) is 5.91 Å². The molecular formula is C43H41F5N2O5. The fourth-order valence-corrected chi connectivity index (χ4v) is 6.75. The number of aliphatic hydroxyl groups excluding tert-OH is 2. The smallest absolute Gasteiger partial charge is 0.257 e. The van der Waals surface area contributed by atoms with Gasteiger partial charge in [-0.05, 0) is 59.5 Å². The number of carbonyl (C=O) groups excluding carboxylic acids is 1. The molecule has 0 spiro atoms. The van der Waals surface area contributed by atoms with Crippen molar-refractivity contribution >= 4 is 5.91 Å². The third-order valence-electron chi connectivity index (χ3n) is 10.2. The van der Waals surface area contributed by atoms with Gasteiger partial charge < -0.3 is 25.0 Å². The maximum Gasteiger partial charge on any atom is 0.257 e. The monoisotopic (exact) mass is 760 g/mol. The predicted octanol–water partition coefficient (Wildman–Crippen LogP) is 8.32. The van der Waals surface area contributed by atoms with Crippen molar-refractivity contribution in [2.45, 2.75) is 57.6 Å². The summed E-state index contributed by atoms with van der Waals surface area (Å²) in [6.45, 7) is 4.15. The first-order valence-electron chi connectivity index (χ1n) is 17.8. The predicted molar refractivity (Wildman–Crippen MR) is 196 cm³/mol. The molecule has 0 unspecified atom stereocenters. The number of nitrogens with one attached hydrogen (secondary N) is 1. The Labute approximate surface area is 316 Å². The summed E-state index contributed by atoms with van der Waals surface area (Å²) in [5.41, 5.74) is 3.63. The number of aliphatic hydroxyl groups is 2. The average molecular weight is 761 g/mol. The second kappa shape index (κ2) is 17.2. The van der Waals surface area contributed by atoms with Crippen molar-refractivity contribution in [2.24, 2.45) is 5.92 Å². The van der Waals surface area contributed by atoms with E-state index < -0.39 is 53.0 Å². The molecule has 6 rings (SSSR count). The van der Waals surface area contributed by atoms with Crippen LogP contribution in [0.5, 0.6) is 0 Å². The van der Waals surface area contributed by atoms with E-state index in [0.717, 1.165) is 27.8 Å². The van der Waals surface area contributed by atoms with Gasteiger partial charge in [0.1, 0.15) is 5.56 Å². The van der Waals surface area contributed by atoms with Crippen molar-refractivity contribution in [2.75, 3.05) is 13.6 Å². The minimum atomic E-state index is -2.34. The van der Waals surface area contributed by atoms with Crippen LogP contribution < -0.4 is 5.32 Å². The average Bonchev–Trinajstić information content (AvgIpc) is 3.22. The van der Waals surface area contributed by atoms with Gasteiger partial charge in [0.15, 0.2) is 29.6 Å². The summed E-state index contributed by atoms with van der Waals surface area (Å²) in [7, 11) is 1.95. The van der Waals surface area contributed by atoms with Gasteiger partial charge in [-0.25, -0.2) is 22.0 Å². The first kappa shape index (κ1) is 39.7. The zero-order valence-corrected chi connectivity index (χ0v) is 30.4. The number of ether oxygens (including phenoxy) is 2. The van der Waals surface area contributed by atoms with Crippen molar-refractivity contribution in [3.8, 4) is 11.1 Å². The van der Waals surface area contributed by atoms with E-state index in [4.69, 9.17) is 9.47 Å². The van der Waals surface area contributed by atoms with Gasteiger partial charge >= 0.3 is 0 Å². The van der Waals surface area contributed by atoms with Crippen LogP contribution in [-0.4, -0.2) is 46.8 Å². The number of carbonyl (C=O) groups is 1. The second-order valence-corrected chi connectivity index (χ2v) is 13.8. The van der Waals surface area contributed by atoms with Crippen molar-refractivity contribution in [1.82, 2.24) is 10.2 Å². The van der Waals surface area contributed by atoms with Crippen LogP contribution in [0.15, 0.2) is 103 Å². The third kappa shape index (κ3) is 8.64. The number of nitrogens with zero attached hydrogens (tertiary/aromatic N) is 1. The highest BCUT2D eigenvalue weighted by Crippen LogP contribution is 2.43. The summed E-state index contributed by atoms with van der Waals surface area (Å²) in [6.07, 6.45) is -2.23. The van der Waals surface area contributed by atoms with Crippen LogP contribution in [-0.2, 0) is 22.6 Å². The molecule has 7 nitrogen and oxygen atoms in total. The highest BCUT2D eigenvalue weighted by Gasteiger charge is 2.40. The lowest BCUT2D eigenvalue weighted by Crippen LogP contribution is -2.46. The van der Waals surface area contributed by atoms with Crippen LogP contribution >= 0.6 is 0 Å². The molecule has 1 saturated heterocycles. The summed E-state index contributed by atoms with van der Waals surface area (Å²) >= 11 is 0. The lowest BCUT2D eigenvalue weighted by Gasteiger charge is -2.43. The molecule has 0 aliphatic carbocycles. The Balaban J connectivity index is 1.23. The van der Waals surface area contributed by atoms with E-state index in [0.29, 0.717) is 17.7 Å². The quantitative estimate of drug-likeness (QED) is 0.0674. The number of hydrogen-bond acceptors (Lipinski definition) is 6. The van der Waals surface area contributed by atoms with Gasteiger partial charge in [0.2, 0.25) is 5.82 Å². The van der Waals surface area contributed by atoms with E-state index >= 15 is 0 Å². The Bertz CT molecular complexity index is 2090. The van der Waals surface area contributed by atoms with E-state index in [-0.39, 0.29) is 37.3 Å². The van der Waals surface area contributed by atoms with Crippen molar-refractivity contribution in [1.29, 1.82) is 0 Å². The fourth-order valence-electron chi connectivity index (χ4n) is 6.75. The lowest BCUT2D eigenvalue weighted by atomic mass is 9.89. The molecule has 288 valence electrons. The van der Waals surface area contributed by atoms with Crippen LogP contribution in [0, 0.1) is 35.0 Å². The minimum Gasteiger partial charge on any atom is -0.392 e. The zero-order valence-electron chi connectivity index (χ0n) is 30.4. The summed E-state index contributed by atoms with van der Waals surface area (Å²) in [5, 5.41) is 23.0. The number of likely N-dealkylation sites (N-methyl/N-ethyl adjacent to an activating group) is 1. The van der Waals surface area contributed by atoms with Gasteiger partial charge in [-0.2, -0.15) is 0 Å². The molecule has 55 heavy (non-hydrogen) atoms. The molecule has 1 heterocycles. The van der Waals surface area contributed by atoms with Gasteiger partial charge in [-0.1, -0.05) is 97.9 Å². The summed E-state index contributed by atoms with van der Waals surface area (Å²) in [5.74, 6) is -12.7. The molecule has 1 aliphatic rings. The molecule has 0 bridgehead atoms. The lowest BCUT2D eigenvalue weighted by molar-refractivity contribution is -0.276. The van der Waals surface area contributed by atoms with Gasteiger partial charge in [-0.15, -0.1) is 0 Å². The maximum atomic E-state index is 14.2. The van der Waals surface area contributed by atoms with Gasteiger partial charge in [0, 0.05) is 30.6 Å². The minimum absolute atomic E-state index is 0.0895. The fraction of sp³-hybridized carbons (Fsp3) is 0.279. The molecule has 1 fully saturated rings. The van der Waals surface area contributed by atoms with E-state index in [9.17, 15) is 37.0 Å². The van der Waals surface area contributed by atoms with Crippen LogP contribution in [0.4, 0.5) is 22.0 Å². The van der Waals surface area contributed by atoms with E-state index in [1.54, 1.807) is 18.2 Å². The number of hydrogen-bond donors (Lipinski definition) is 3. The van der Waals surface area contributed by atoms with E-state index in [2.05, 4.69) is 17.1 Å². The molecule has 12 heteroatoms. The van der Waals surface area contributed by atoms with Gasteiger partial charge in [-0.3, -0.25) is 9.69 Å². The molecule has 0 aromatic heterocycles. The molecule has 3 N–H and O–H groups in total. The van der Waals surface area contributed by atoms with Crippen LogP contribution in [0.25, 0.3) is 11.1 Å². The van der Waals surface area contributed by atoms with Gasteiger partial charge in [0.05, 0.1) is 24.9 Å². The standard InChI is InChI=1S/C43H41F5N2O5/c1-24-33(22-50(3)25(2)40(52)28-10-5-4-6-11-28)54-43(55-41(24)29-17-15-26(23-51)16-18-29)32-14-8-13-31(20-32)30-12-7-9-27(19-30)21-49-42(53)34-35(44)37(46)39(48)38(47)36(34)45/h4-20,24-25,33,40-41,43,51-52H,21-23H2,1-3H3,(H,49,53)/t24-,25-,33+,40-,41+,43+/m1/s1. The Kier molecular flexibility index (Phi) is 12.4. The molecule has 1 aliphatic heterocycles. The third-order valence-corrected chi connectivity index (χ3v) is 10.2.